The van der Waals surface area contributed by atoms with Crippen molar-refractivity contribution in [2.75, 3.05) is 7.11 Å². The monoisotopic (exact) mass is 205 g/mol. The predicted octanol–water partition coefficient (Wildman–Crippen LogP) is 0.356. The van der Waals surface area contributed by atoms with Gasteiger partial charge >= 0.3 is 5.97 Å². The lowest BCUT2D eigenvalue weighted by atomic mass is 10.1. The summed E-state index contributed by atoms with van der Waals surface area (Å²) >= 11 is 0. The van der Waals surface area contributed by atoms with Crippen LogP contribution in [0.15, 0.2) is 0 Å². The van der Waals surface area contributed by atoms with Gasteiger partial charge in [0, 0.05) is 17.8 Å². The Hall–Kier alpha value is -1.17. The molecule has 2 unspecified atom stereocenters. The Balaban J connectivity index is 3.97. The van der Waals surface area contributed by atoms with Crippen LogP contribution in [-0.4, -0.2) is 35.3 Å². The summed E-state index contributed by atoms with van der Waals surface area (Å²) in [5.74, 6) is -0.470. The Bertz CT molecular complexity index is 204. The van der Waals surface area contributed by atoms with E-state index in [1.165, 1.54) is 14.0 Å². The molecule has 0 heterocycles. The number of aliphatic hydroxyl groups is 1. The molecule has 0 aromatic carbocycles. The molecule has 0 aliphatic rings. The van der Waals surface area contributed by atoms with Crippen molar-refractivity contribution in [1.29, 1.82) is 0 Å². The largest absolute Gasteiger partial charge is 0.469 e. The van der Waals surface area contributed by atoms with Gasteiger partial charge in [-0.15, -0.1) is 0 Å². The first kappa shape index (κ1) is 12.8. The fourth-order valence-corrected chi connectivity index (χ4v) is 1.09. The second-order valence-electron chi connectivity index (χ2n) is 3.14. The maximum atomic E-state index is 10.7. The van der Waals surface area contributed by atoms with E-state index in [2.05, 4.69) is 4.74 Å². The normalized spacial score (nSPS) is 14.5. The van der Waals surface area contributed by atoms with Crippen molar-refractivity contribution in [3.05, 3.63) is 10.1 Å². The van der Waals surface area contributed by atoms with Crippen LogP contribution in [0.5, 0.6) is 0 Å². The highest BCUT2D eigenvalue weighted by molar-refractivity contribution is 5.69. The van der Waals surface area contributed by atoms with Crippen molar-refractivity contribution >= 4 is 5.97 Å². The van der Waals surface area contributed by atoms with Crippen LogP contribution in [0, 0.1) is 10.1 Å². The van der Waals surface area contributed by atoms with Crippen LogP contribution in [0.4, 0.5) is 0 Å². The standard InChI is InChI=1S/C8H15NO5/c1-6(10)5-7(9(12)13)3-4-8(11)14-2/h6-7,10H,3-5H2,1-2H3. The molecule has 0 spiro atoms. The van der Waals surface area contributed by atoms with Crippen molar-refractivity contribution in [2.45, 2.75) is 38.3 Å². The second kappa shape index (κ2) is 6.31. The summed E-state index contributed by atoms with van der Waals surface area (Å²) < 4.78 is 4.36. The van der Waals surface area contributed by atoms with Crippen molar-refractivity contribution in [2.24, 2.45) is 0 Å². The van der Waals surface area contributed by atoms with Gasteiger partial charge < -0.3 is 9.84 Å². The first-order chi connectivity index (χ1) is 6.47. The van der Waals surface area contributed by atoms with Gasteiger partial charge in [0.1, 0.15) is 0 Å². The highest BCUT2D eigenvalue weighted by atomic mass is 16.6. The van der Waals surface area contributed by atoms with Crippen molar-refractivity contribution in [1.82, 2.24) is 0 Å². The minimum atomic E-state index is -0.880. The molecule has 6 nitrogen and oxygen atoms in total. The van der Waals surface area contributed by atoms with Gasteiger partial charge in [0.2, 0.25) is 6.04 Å². The van der Waals surface area contributed by atoms with Gasteiger partial charge in [-0.2, -0.15) is 0 Å². The maximum Gasteiger partial charge on any atom is 0.305 e. The average Bonchev–Trinajstić information content (AvgIpc) is 2.10. The van der Waals surface area contributed by atoms with E-state index in [9.17, 15) is 14.9 Å². The number of carbonyl (C=O) groups is 1. The molecule has 0 radical (unpaired) electrons. The van der Waals surface area contributed by atoms with E-state index in [1.54, 1.807) is 0 Å². The number of nitro groups is 1. The first-order valence-electron chi connectivity index (χ1n) is 4.35. The molecule has 14 heavy (non-hydrogen) atoms. The third kappa shape index (κ3) is 5.47. The minimum absolute atomic E-state index is 0.00880. The second-order valence-corrected chi connectivity index (χ2v) is 3.14. The lowest BCUT2D eigenvalue weighted by Crippen LogP contribution is -2.25. The molecule has 0 saturated carbocycles. The van der Waals surface area contributed by atoms with Crippen molar-refractivity contribution < 1.29 is 19.6 Å². The Kier molecular flexibility index (Phi) is 5.78. The molecular formula is C8H15NO5. The molecular weight excluding hydrogens is 190 g/mol. The molecule has 82 valence electrons. The van der Waals surface area contributed by atoms with Crippen LogP contribution in [0.2, 0.25) is 0 Å². The molecule has 0 fully saturated rings. The van der Waals surface area contributed by atoms with Crippen LogP contribution in [0.1, 0.15) is 26.2 Å². The maximum absolute atomic E-state index is 10.7. The number of nitrogens with zero attached hydrogens (tertiary/aromatic N) is 1. The van der Waals surface area contributed by atoms with E-state index >= 15 is 0 Å². The molecule has 0 aromatic heterocycles. The Morgan fingerprint density at radius 2 is 2.21 bits per heavy atom. The van der Waals surface area contributed by atoms with Crippen LogP contribution in [0.25, 0.3) is 0 Å². The van der Waals surface area contributed by atoms with Gasteiger partial charge in [-0.1, -0.05) is 0 Å². The Labute approximate surface area is 82.0 Å². The zero-order valence-electron chi connectivity index (χ0n) is 8.30. The predicted molar refractivity (Wildman–Crippen MR) is 48.3 cm³/mol. The number of ether oxygens (including phenoxy) is 1. The van der Waals surface area contributed by atoms with E-state index in [4.69, 9.17) is 5.11 Å². The zero-order valence-corrected chi connectivity index (χ0v) is 8.30. The molecule has 1 N–H and O–H groups in total. The number of carbonyl (C=O) groups excluding carboxylic acids is 1. The number of rotatable bonds is 6. The topological polar surface area (TPSA) is 89.7 Å². The Morgan fingerprint density at radius 3 is 2.57 bits per heavy atom. The lowest BCUT2D eigenvalue weighted by molar-refractivity contribution is -0.525. The van der Waals surface area contributed by atoms with E-state index < -0.39 is 23.0 Å². The molecule has 0 amide bonds. The van der Waals surface area contributed by atoms with Gasteiger partial charge in [-0.3, -0.25) is 14.9 Å². The fourth-order valence-electron chi connectivity index (χ4n) is 1.09. The highest BCUT2D eigenvalue weighted by Gasteiger charge is 2.23. The molecule has 0 rings (SSSR count). The van der Waals surface area contributed by atoms with Crippen LogP contribution in [-0.2, 0) is 9.53 Å². The highest BCUT2D eigenvalue weighted by Crippen LogP contribution is 2.09. The Morgan fingerprint density at radius 1 is 1.64 bits per heavy atom. The summed E-state index contributed by atoms with van der Waals surface area (Å²) in [4.78, 5) is 20.7. The summed E-state index contributed by atoms with van der Waals surface area (Å²) in [6.07, 6.45) is -0.563. The average molecular weight is 205 g/mol. The quantitative estimate of drug-likeness (QED) is 0.384. The molecule has 0 bridgehead atoms. The summed E-state index contributed by atoms with van der Waals surface area (Å²) in [7, 11) is 1.23. The third-order valence-corrected chi connectivity index (χ3v) is 1.82. The third-order valence-electron chi connectivity index (χ3n) is 1.82. The van der Waals surface area contributed by atoms with Crippen LogP contribution >= 0.6 is 0 Å². The number of hydrogen-bond acceptors (Lipinski definition) is 5. The summed E-state index contributed by atoms with van der Waals surface area (Å²) in [5, 5.41) is 19.5. The van der Waals surface area contributed by atoms with Crippen LogP contribution < -0.4 is 0 Å². The molecule has 0 aliphatic carbocycles. The summed E-state index contributed by atoms with van der Waals surface area (Å²) in [5.41, 5.74) is 0. The van der Waals surface area contributed by atoms with Gasteiger partial charge in [0.05, 0.1) is 19.6 Å². The summed E-state index contributed by atoms with van der Waals surface area (Å²) in [6, 6.07) is -0.880. The minimum Gasteiger partial charge on any atom is -0.469 e. The molecule has 2 atom stereocenters. The van der Waals surface area contributed by atoms with E-state index in [-0.39, 0.29) is 19.3 Å². The van der Waals surface area contributed by atoms with Crippen LogP contribution in [0.3, 0.4) is 0 Å². The number of esters is 1. The SMILES string of the molecule is COC(=O)CCC(CC(C)O)[N+](=O)[O-]. The molecule has 0 aromatic rings. The van der Waals surface area contributed by atoms with E-state index in [1.807, 2.05) is 0 Å². The lowest BCUT2D eigenvalue weighted by Gasteiger charge is -2.10. The molecule has 0 saturated heterocycles. The number of methoxy groups -OCH3 is 1. The zero-order chi connectivity index (χ0) is 11.1. The fraction of sp³-hybridized carbons (Fsp3) is 0.875. The molecule has 6 heteroatoms. The van der Waals surface area contributed by atoms with Gasteiger partial charge in [-0.05, 0) is 6.92 Å². The van der Waals surface area contributed by atoms with E-state index in [0.29, 0.717) is 0 Å². The first-order valence-corrected chi connectivity index (χ1v) is 4.35. The van der Waals surface area contributed by atoms with Gasteiger partial charge in [0.15, 0.2) is 0 Å². The van der Waals surface area contributed by atoms with Crippen molar-refractivity contribution in [3.63, 3.8) is 0 Å². The van der Waals surface area contributed by atoms with E-state index in [0.717, 1.165) is 0 Å². The van der Waals surface area contributed by atoms with Crippen molar-refractivity contribution in [3.8, 4) is 0 Å². The van der Waals surface area contributed by atoms with Gasteiger partial charge in [-0.25, -0.2) is 0 Å². The molecule has 0 aliphatic heterocycles. The number of aliphatic hydroxyl groups excluding tert-OH is 1. The number of hydrogen-bond donors (Lipinski definition) is 1. The van der Waals surface area contributed by atoms with Gasteiger partial charge in [0.25, 0.3) is 0 Å². The summed E-state index contributed by atoms with van der Waals surface area (Å²) in [6.45, 7) is 1.48. The smallest absolute Gasteiger partial charge is 0.305 e.